The normalized spacial score (nSPS) is 23.9. The van der Waals surface area contributed by atoms with Crippen molar-refractivity contribution in [1.82, 2.24) is 4.90 Å². The molecule has 0 radical (unpaired) electrons. The summed E-state index contributed by atoms with van der Waals surface area (Å²) in [6.45, 7) is 8.83. The van der Waals surface area contributed by atoms with E-state index in [1.54, 1.807) is 4.90 Å². The molecule has 2 fully saturated rings. The second kappa shape index (κ2) is 6.53. The third-order valence-corrected chi connectivity index (χ3v) is 4.82. The van der Waals surface area contributed by atoms with Gasteiger partial charge >= 0.3 is 6.09 Å². The zero-order valence-corrected chi connectivity index (χ0v) is 13.6. The first-order chi connectivity index (χ1) is 9.86. The first-order valence-corrected chi connectivity index (χ1v) is 8.03. The smallest absolute Gasteiger partial charge is 0.410 e. The van der Waals surface area contributed by atoms with Crippen LogP contribution < -0.4 is 0 Å². The lowest BCUT2D eigenvalue weighted by Crippen LogP contribution is -2.48. The molecule has 0 spiro atoms. The lowest BCUT2D eigenvalue weighted by atomic mass is 9.67. The van der Waals surface area contributed by atoms with Crippen molar-refractivity contribution >= 4 is 6.09 Å². The highest BCUT2D eigenvalue weighted by Crippen LogP contribution is 2.43. The fourth-order valence-corrected chi connectivity index (χ4v) is 3.47. The molecule has 1 N–H and O–H groups in total. The van der Waals surface area contributed by atoms with Crippen LogP contribution in [0.15, 0.2) is 0 Å². The van der Waals surface area contributed by atoms with Crippen molar-refractivity contribution in [3.8, 4) is 0 Å². The summed E-state index contributed by atoms with van der Waals surface area (Å²) in [4.78, 5) is 13.9. The molecular weight excluding hydrogens is 270 g/mol. The van der Waals surface area contributed by atoms with E-state index in [1.165, 1.54) is 0 Å². The third kappa shape index (κ3) is 4.10. The van der Waals surface area contributed by atoms with E-state index in [9.17, 15) is 9.90 Å². The van der Waals surface area contributed by atoms with E-state index in [0.29, 0.717) is 5.92 Å². The van der Waals surface area contributed by atoms with E-state index in [0.717, 1.165) is 52.0 Å². The van der Waals surface area contributed by atoms with Crippen molar-refractivity contribution in [1.29, 1.82) is 0 Å². The van der Waals surface area contributed by atoms with Crippen molar-refractivity contribution in [2.24, 2.45) is 11.3 Å². The van der Waals surface area contributed by atoms with Gasteiger partial charge in [0.15, 0.2) is 0 Å². The van der Waals surface area contributed by atoms with E-state index in [-0.39, 0.29) is 18.1 Å². The average Bonchev–Trinajstić information content (AvgIpc) is 2.46. The number of amides is 1. The van der Waals surface area contributed by atoms with Crippen molar-refractivity contribution in [3.05, 3.63) is 0 Å². The molecule has 0 atom stereocenters. The third-order valence-electron chi connectivity index (χ3n) is 4.82. The monoisotopic (exact) mass is 299 g/mol. The average molecular weight is 299 g/mol. The zero-order valence-electron chi connectivity index (χ0n) is 13.6. The Morgan fingerprint density at radius 3 is 2.33 bits per heavy atom. The molecule has 0 unspecified atom stereocenters. The number of aliphatic hydroxyl groups excluding tert-OH is 1. The molecule has 5 heteroatoms. The number of carbonyl (C=O) groups excluding carboxylic acids is 1. The second-order valence-corrected chi connectivity index (χ2v) is 7.37. The number of aliphatic hydroxyl groups is 1. The number of piperidine rings is 1. The molecular formula is C16H29NO4. The Kier molecular flexibility index (Phi) is 5.15. The summed E-state index contributed by atoms with van der Waals surface area (Å²) in [5.74, 6) is 0.477. The molecule has 2 saturated heterocycles. The highest BCUT2D eigenvalue weighted by Gasteiger charge is 2.41. The minimum Gasteiger partial charge on any atom is -0.444 e. The van der Waals surface area contributed by atoms with Gasteiger partial charge < -0.3 is 19.5 Å². The van der Waals surface area contributed by atoms with E-state index < -0.39 is 5.60 Å². The molecule has 2 aliphatic heterocycles. The molecule has 1 amide bonds. The van der Waals surface area contributed by atoms with Gasteiger partial charge in [0, 0.05) is 38.3 Å². The molecule has 2 heterocycles. The summed E-state index contributed by atoms with van der Waals surface area (Å²) in [6.07, 6.45) is 3.53. The Balaban J connectivity index is 1.89. The Labute approximate surface area is 127 Å². The van der Waals surface area contributed by atoms with Crippen LogP contribution in [-0.2, 0) is 9.47 Å². The minimum absolute atomic E-state index is 0.00171. The number of ether oxygens (including phenoxy) is 2. The predicted molar refractivity (Wildman–Crippen MR) is 80.1 cm³/mol. The first kappa shape index (κ1) is 16.6. The van der Waals surface area contributed by atoms with Crippen LogP contribution in [0.2, 0.25) is 0 Å². The minimum atomic E-state index is -0.443. The lowest BCUT2D eigenvalue weighted by Gasteiger charge is -2.45. The van der Waals surface area contributed by atoms with Gasteiger partial charge in [0.25, 0.3) is 0 Å². The van der Waals surface area contributed by atoms with Crippen LogP contribution in [0.4, 0.5) is 4.79 Å². The standard InChI is InChI=1S/C16H29NO4/c1-15(2,3)21-14(19)17-8-4-13(5-9-17)16(12-18)6-10-20-11-7-16/h13,18H,4-12H2,1-3H3. The van der Waals surface area contributed by atoms with Crippen LogP contribution >= 0.6 is 0 Å². The molecule has 21 heavy (non-hydrogen) atoms. The molecule has 2 aliphatic rings. The Morgan fingerprint density at radius 1 is 1.29 bits per heavy atom. The summed E-state index contributed by atoms with van der Waals surface area (Å²) >= 11 is 0. The fraction of sp³-hybridized carbons (Fsp3) is 0.938. The van der Waals surface area contributed by atoms with E-state index in [4.69, 9.17) is 9.47 Å². The summed E-state index contributed by atoms with van der Waals surface area (Å²) in [5, 5.41) is 9.86. The number of likely N-dealkylation sites (tertiary alicyclic amines) is 1. The van der Waals surface area contributed by atoms with Crippen LogP contribution in [0, 0.1) is 11.3 Å². The molecule has 0 aromatic rings. The maximum Gasteiger partial charge on any atom is 0.410 e. The fourth-order valence-electron chi connectivity index (χ4n) is 3.47. The molecule has 0 aromatic heterocycles. The number of carbonyl (C=O) groups is 1. The predicted octanol–water partition coefficient (Wildman–Crippen LogP) is 2.42. The van der Waals surface area contributed by atoms with Crippen LogP contribution in [0.5, 0.6) is 0 Å². The van der Waals surface area contributed by atoms with Gasteiger partial charge in [0.2, 0.25) is 0 Å². The largest absolute Gasteiger partial charge is 0.444 e. The zero-order chi connectivity index (χ0) is 15.5. The number of hydrogen-bond donors (Lipinski definition) is 1. The van der Waals surface area contributed by atoms with Crippen molar-refractivity contribution < 1.29 is 19.4 Å². The second-order valence-electron chi connectivity index (χ2n) is 7.37. The van der Waals surface area contributed by atoms with E-state index >= 15 is 0 Å². The highest BCUT2D eigenvalue weighted by atomic mass is 16.6. The molecule has 0 saturated carbocycles. The summed E-state index contributed by atoms with van der Waals surface area (Å²) in [6, 6.07) is 0. The van der Waals surface area contributed by atoms with E-state index in [1.807, 2.05) is 20.8 Å². The maximum atomic E-state index is 12.1. The molecule has 122 valence electrons. The van der Waals surface area contributed by atoms with Gasteiger partial charge in [-0.3, -0.25) is 0 Å². The van der Waals surface area contributed by atoms with Crippen LogP contribution in [-0.4, -0.2) is 54.6 Å². The lowest BCUT2D eigenvalue weighted by molar-refractivity contribution is -0.0663. The summed E-state index contributed by atoms with van der Waals surface area (Å²) in [5.41, 5.74) is -0.445. The van der Waals surface area contributed by atoms with Crippen LogP contribution in [0.25, 0.3) is 0 Å². The maximum absolute atomic E-state index is 12.1. The van der Waals surface area contributed by atoms with Gasteiger partial charge in [-0.25, -0.2) is 4.79 Å². The van der Waals surface area contributed by atoms with Gasteiger partial charge in [0.05, 0.1) is 0 Å². The number of nitrogens with zero attached hydrogens (tertiary/aromatic N) is 1. The SMILES string of the molecule is CC(C)(C)OC(=O)N1CCC(C2(CO)CCOCC2)CC1. The Morgan fingerprint density at radius 2 is 1.86 bits per heavy atom. The summed E-state index contributed by atoms with van der Waals surface area (Å²) < 4.78 is 10.9. The Bertz CT molecular complexity index is 350. The van der Waals surface area contributed by atoms with Gasteiger partial charge in [-0.1, -0.05) is 0 Å². The molecule has 0 aliphatic carbocycles. The van der Waals surface area contributed by atoms with Crippen LogP contribution in [0.1, 0.15) is 46.5 Å². The first-order valence-electron chi connectivity index (χ1n) is 8.03. The number of rotatable bonds is 2. The van der Waals surface area contributed by atoms with Gasteiger partial charge in [-0.2, -0.15) is 0 Å². The van der Waals surface area contributed by atoms with Crippen molar-refractivity contribution in [2.75, 3.05) is 32.9 Å². The molecule has 0 aromatic carbocycles. The molecule has 2 rings (SSSR count). The summed E-state index contributed by atoms with van der Waals surface area (Å²) in [7, 11) is 0. The topological polar surface area (TPSA) is 59.0 Å². The van der Waals surface area contributed by atoms with Gasteiger partial charge in [-0.15, -0.1) is 0 Å². The van der Waals surface area contributed by atoms with Crippen LogP contribution in [0.3, 0.4) is 0 Å². The molecule has 5 nitrogen and oxygen atoms in total. The quantitative estimate of drug-likeness (QED) is 0.851. The number of hydrogen-bond acceptors (Lipinski definition) is 4. The molecule has 0 bridgehead atoms. The van der Waals surface area contributed by atoms with E-state index in [2.05, 4.69) is 0 Å². The van der Waals surface area contributed by atoms with Gasteiger partial charge in [-0.05, 0) is 52.4 Å². The van der Waals surface area contributed by atoms with Crippen molar-refractivity contribution in [3.63, 3.8) is 0 Å². The highest BCUT2D eigenvalue weighted by molar-refractivity contribution is 5.68. The Hall–Kier alpha value is -0.810. The van der Waals surface area contributed by atoms with Gasteiger partial charge in [0.1, 0.15) is 5.60 Å². The van der Waals surface area contributed by atoms with Crippen molar-refractivity contribution in [2.45, 2.75) is 52.1 Å².